The van der Waals surface area contributed by atoms with E-state index in [4.69, 9.17) is 8.94 Å². The number of carbonyl (C=O) groups excluding carboxylic acids is 1. The fraction of sp³-hybridized carbons (Fsp3) is 0.238. The van der Waals surface area contributed by atoms with Crippen LogP contribution in [-0.4, -0.2) is 21.0 Å². The molecule has 0 atom stereocenters. The van der Waals surface area contributed by atoms with Gasteiger partial charge in [0.25, 0.3) is 5.91 Å². The summed E-state index contributed by atoms with van der Waals surface area (Å²) in [6.45, 7) is 3.45. The van der Waals surface area contributed by atoms with Gasteiger partial charge >= 0.3 is 5.63 Å². The Bertz CT molecular complexity index is 1230. The number of aryl methyl sites for hydroxylation is 4. The number of benzene rings is 1. The molecular weight excluding hydrogens is 372 g/mol. The quantitative estimate of drug-likeness (QED) is 0.521. The van der Waals surface area contributed by atoms with Crippen LogP contribution in [0.25, 0.3) is 10.9 Å². The molecule has 0 saturated heterocycles. The standard InChI is InChI=1S/C21H20N4O4/c1-12-9-15(8-7-14-10-22-17-6-4-3-5-16(14)17)28-21(27)19(12)20(26)23-11-18-24-13(2)29-25-18/h3-6,9-10,22H,7-8,11H2,1-2H3,(H,23,26). The SMILES string of the molecule is Cc1nc(CNC(=O)c2c(C)cc(CCc3c[nH]c4ccccc34)oc2=O)no1. The van der Waals surface area contributed by atoms with Crippen LogP contribution in [0.15, 0.2) is 50.3 Å². The summed E-state index contributed by atoms with van der Waals surface area (Å²) >= 11 is 0. The highest BCUT2D eigenvalue weighted by Crippen LogP contribution is 2.19. The third-order valence-corrected chi connectivity index (χ3v) is 4.72. The molecule has 0 unspecified atom stereocenters. The van der Waals surface area contributed by atoms with Crippen molar-refractivity contribution < 1.29 is 13.7 Å². The van der Waals surface area contributed by atoms with Gasteiger partial charge in [0, 0.05) is 30.4 Å². The molecular formula is C21H20N4O4. The molecule has 0 bridgehead atoms. The molecule has 4 aromatic rings. The molecule has 0 saturated carbocycles. The highest BCUT2D eigenvalue weighted by molar-refractivity contribution is 5.95. The summed E-state index contributed by atoms with van der Waals surface area (Å²) in [6.07, 6.45) is 3.24. The van der Waals surface area contributed by atoms with Crippen molar-refractivity contribution in [2.24, 2.45) is 0 Å². The largest absolute Gasteiger partial charge is 0.427 e. The van der Waals surface area contributed by atoms with E-state index in [1.807, 2.05) is 24.4 Å². The topological polar surface area (TPSA) is 114 Å². The summed E-state index contributed by atoms with van der Waals surface area (Å²) in [4.78, 5) is 32.1. The first kappa shape index (κ1) is 18.7. The van der Waals surface area contributed by atoms with Crippen LogP contribution in [0, 0.1) is 13.8 Å². The summed E-state index contributed by atoms with van der Waals surface area (Å²) in [5.41, 5.74) is 2.13. The van der Waals surface area contributed by atoms with Crippen molar-refractivity contribution in [1.82, 2.24) is 20.4 Å². The van der Waals surface area contributed by atoms with Crippen LogP contribution in [0.3, 0.4) is 0 Å². The first-order valence-corrected chi connectivity index (χ1v) is 9.27. The van der Waals surface area contributed by atoms with Gasteiger partial charge in [0.1, 0.15) is 11.3 Å². The fourth-order valence-electron chi connectivity index (χ4n) is 3.33. The maximum atomic E-state index is 12.4. The molecule has 8 nitrogen and oxygen atoms in total. The predicted octanol–water partition coefficient (Wildman–Crippen LogP) is 2.84. The van der Waals surface area contributed by atoms with Gasteiger partial charge in [0.15, 0.2) is 5.82 Å². The van der Waals surface area contributed by atoms with E-state index in [1.54, 1.807) is 19.9 Å². The Morgan fingerprint density at radius 3 is 2.79 bits per heavy atom. The number of nitrogens with zero attached hydrogens (tertiary/aromatic N) is 2. The third-order valence-electron chi connectivity index (χ3n) is 4.72. The van der Waals surface area contributed by atoms with E-state index in [0.717, 1.165) is 22.9 Å². The predicted molar refractivity (Wildman–Crippen MR) is 106 cm³/mol. The van der Waals surface area contributed by atoms with Gasteiger partial charge in [0.05, 0.1) is 6.54 Å². The second kappa shape index (κ2) is 7.75. The van der Waals surface area contributed by atoms with E-state index >= 15 is 0 Å². The number of carbonyl (C=O) groups is 1. The summed E-state index contributed by atoms with van der Waals surface area (Å²) < 4.78 is 10.3. The van der Waals surface area contributed by atoms with Crippen molar-refractivity contribution in [2.75, 3.05) is 0 Å². The van der Waals surface area contributed by atoms with Crippen molar-refractivity contribution >= 4 is 16.8 Å². The van der Waals surface area contributed by atoms with E-state index in [1.165, 1.54) is 0 Å². The molecule has 1 aromatic carbocycles. The summed E-state index contributed by atoms with van der Waals surface area (Å²) in [7, 11) is 0. The molecule has 0 fully saturated rings. The molecule has 0 spiro atoms. The number of aromatic amines is 1. The molecule has 1 amide bonds. The monoisotopic (exact) mass is 392 g/mol. The molecule has 148 valence electrons. The van der Waals surface area contributed by atoms with E-state index < -0.39 is 11.5 Å². The Labute approximate surface area is 165 Å². The molecule has 4 rings (SSSR count). The van der Waals surface area contributed by atoms with Gasteiger partial charge < -0.3 is 19.2 Å². The molecule has 3 aromatic heterocycles. The van der Waals surface area contributed by atoms with Crippen LogP contribution in [-0.2, 0) is 19.4 Å². The molecule has 0 radical (unpaired) electrons. The average Bonchev–Trinajstić information content (AvgIpc) is 3.30. The first-order chi connectivity index (χ1) is 14.0. The minimum absolute atomic E-state index is 0.0129. The minimum atomic E-state index is -0.652. The zero-order chi connectivity index (χ0) is 20.4. The lowest BCUT2D eigenvalue weighted by atomic mass is 10.1. The molecule has 29 heavy (non-hydrogen) atoms. The Kier molecular flexibility index (Phi) is 4.99. The number of aromatic nitrogens is 3. The van der Waals surface area contributed by atoms with Gasteiger partial charge in [-0.3, -0.25) is 4.79 Å². The zero-order valence-corrected chi connectivity index (χ0v) is 16.1. The molecule has 0 aliphatic heterocycles. The van der Waals surface area contributed by atoms with Gasteiger partial charge in [-0.1, -0.05) is 23.4 Å². The zero-order valence-electron chi connectivity index (χ0n) is 16.1. The molecule has 0 aliphatic carbocycles. The Morgan fingerprint density at radius 2 is 2.03 bits per heavy atom. The number of hydrogen-bond donors (Lipinski definition) is 2. The maximum absolute atomic E-state index is 12.4. The summed E-state index contributed by atoms with van der Waals surface area (Å²) in [5, 5.41) is 7.47. The maximum Gasteiger partial charge on any atom is 0.349 e. The highest BCUT2D eigenvalue weighted by atomic mass is 16.5. The van der Waals surface area contributed by atoms with Crippen LogP contribution >= 0.6 is 0 Å². The van der Waals surface area contributed by atoms with Crippen LogP contribution in [0.2, 0.25) is 0 Å². The van der Waals surface area contributed by atoms with E-state index in [-0.39, 0.29) is 12.1 Å². The fourth-order valence-corrected chi connectivity index (χ4v) is 3.33. The van der Waals surface area contributed by atoms with Gasteiger partial charge in [0.2, 0.25) is 5.89 Å². The van der Waals surface area contributed by atoms with Crippen molar-refractivity contribution in [3.8, 4) is 0 Å². The molecule has 3 heterocycles. The Hall–Kier alpha value is -3.68. The van der Waals surface area contributed by atoms with Gasteiger partial charge in [-0.15, -0.1) is 0 Å². The number of hydrogen-bond acceptors (Lipinski definition) is 6. The van der Waals surface area contributed by atoms with E-state index in [2.05, 4.69) is 26.5 Å². The molecule has 2 N–H and O–H groups in total. The lowest BCUT2D eigenvalue weighted by Crippen LogP contribution is -2.29. The number of fused-ring (bicyclic) bond motifs is 1. The number of H-pyrrole nitrogens is 1. The van der Waals surface area contributed by atoms with E-state index in [0.29, 0.717) is 29.5 Å². The Morgan fingerprint density at radius 1 is 1.21 bits per heavy atom. The minimum Gasteiger partial charge on any atom is -0.427 e. The van der Waals surface area contributed by atoms with Gasteiger partial charge in [-0.25, -0.2) is 4.79 Å². The lowest BCUT2D eigenvalue weighted by molar-refractivity contribution is 0.0944. The van der Waals surface area contributed by atoms with Gasteiger partial charge in [-0.2, -0.15) is 4.98 Å². The number of nitrogens with one attached hydrogen (secondary N) is 2. The van der Waals surface area contributed by atoms with Crippen LogP contribution in [0.1, 0.15) is 39.0 Å². The number of rotatable bonds is 6. The average molecular weight is 392 g/mol. The van der Waals surface area contributed by atoms with Gasteiger partial charge in [-0.05, 0) is 36.6 Å². The third kappa shape index (κ3) is 3.96. The van der Waals surface area contributed by atoms with E-state index in [9.17, 15) is 9.59 Å². The normalized spacial score (nSPS) is 11.1. The smallest absolute Gasteiger partial charge is 0.349 e. The molecule has 0 aliphatic rings. The second-order valence-electron chi connectivity index (χ2n) is 6.83. The van der Waals surface area contributed by atoms with Crippen LogP contribution < -0.4 is 10.9 Å². The Balaban J connectivity index is 1.46. The lowest BCUT2D eigenvalue weighted by Gasteiger charge is -2.07. The summed E-state index contributed by atoms with van der Waals surface area (Å²) in [6, 6.07) is 9.79. The van der Waals surface area contributed by atoms with Crippen molar-refractivity contribution in [2.45, 2.75) is 33.2 Å². The van der Waals surface area contributed by atoms with Crippen LogP contribution in [0.4, 0.5) is 0 Å². The number of amides is 1. The molecule has 8 heteroatoms. The number of para-hydroxylation sites is 1. The summed E-state index contributed by atoms with van der Waals surface area (Å²) in [5.74, 6) is 0.766. The van der Waals surface area contributed by atoms with Crippen molar-refractivity contribution in [3.05, 3.63) is 81.1 Å². The highest BCUT2D eigenvalue weighted by Gasteiger charge is 2.17. The van der Waals surface area contributed by atoms with Crippen molar-refractivity contribution in [3.63, 3.8) is 0 Å². The van der Waals surface area contributed by atoms with Crippen molar-refractivity contribution in [1.29, 1.82) is 0 Å². The first-order valence-electron chi connectivity index (χ1n) is 9.27. The van der Waals surface area contributed by atoms with Crippen LogP contribution in [0.5, 0.6) is 0 Å². The second-order valence-corrected chi connectivity index (χ2v) is 6.83.